The number of fused-ring (bicyclic) bond motifs is 1. The van der Waals surface area contributed by atoms with Gasteiger partial charge in [0.05, 0.1) is 0 Å². The van der Waals surface area contributed by atoms with E-state index in [2.05, 4.69) is 0 Å². The first-order valence-corrected chi connectivity index (χ1v) is 9.01. The molecule has 0 bridgehead atoms. The first kappa shape index (κ1) is 18.5. The maximum Gasteiger partial charge on any atom is 0.193 e. The average molecular weight is 369 g/mol. The molecule has 1 atom stereocenters. The molecular weight excluding hydrogens is 348 g/mol. The van der Waals surface area contributed by atoms with Crippen molar-refractivity contribution in [3.63, 3.8) is 0 Å². The maximum atomic E-state index is 13.1. The minimum atomic E-state index is -1.79. The number of rotatable bonds is 4. The molecule has 0 heterocycles. The first-order valence-electron chi connectivity index (χ1n) is 8.63. The normalized spacial score (nSPS) is 17.1. The number of alkyl halides is 1. The van der Waals surface area contributed by atoms with E-state index in [1.807, 2.05) is 51.1 Å². The molecule has 3 nitrogen and oxygen atoms in total. The van der Waals surface area contributed by atoms with Gasteiger partial charge in [-0.3, -0.25) is 14.4 Å². The molecule has 0 aromatic heterocycles. The molecular formula is C22H21ClO3. The van der Waals surface area contributed by atoms with Crippen LogP contribution in [0.25, 0.3) is 0 Å². The van der Waals surface area contributed by atoms with Crippen LogP contribution in [0.2, 0.25) is 0 Å². The van der Waals surface area contributed by atoms with E-state index in [0.29, 0.717) is 11.1 Å². The molecule has 0 spiro atoms. The Morgan fingerprint density at radius 1 is 0.923 bits per heavy atom. The van der Waals surface area contributed by atoms with Crippen molar-refractivity contribution in [2.45, 2.75) is 38.0 Å². The van der Waals surface area contributed by atoms with Gasteiger partial charge < -0.3 is 0 Å². The van der Waals surface area contributed by atoms with E-state index in [1.165, 1.54) is 0 Å². The zero-order chi connectivity index (χ0) is 19.1. The Hall–Kier alpha value is -2.26. The molecule has 0 N–H and O–H groups in total. The highest BCUT2D eigenvalue weighted by Gasteiger charge is 2.57. The van der Waals surface area contributed by atoms with Crippen LogP contribution in [-0.2, 0) is 4.79 Å². The summed E-state index contributed by atoms with van der Waals surface area (Å²) in [5.41, 5.74) is 0.792. The molecule has 0 saturated carbocycles. The summed E-state index contributed by atoms with van der Waals surface area (Å²) in [5.74, 6) is -1.60. The van der Waals surface area contributed by atoms with Crippen molar-refractivity contribution < 1.29 is 14.4 Å². The van der Waals surface area contributed by atoms with E-state index in [-0.39, 0.29) is 12.2 Å². The second-order valence-corrected chi connectivity index (χ2v) is 8.35. The first-order chi connectivity index (χ1) is 12.2. The van der Waals surface area contributed by atoms with Crippen LogP contribution in [-0.4, -0.2) is 22.2 Å². The third kappa shape index (κ3) is 2.90. The van der Waals surface area contributed by atoms with Gasteiger partial charge in [0, 0.05) is 28.9 Å². The molecule has 0 radical (unpaired) electrons. The smallest absolute Gasteiger partial charge is 0.193 e. The van der Waals surface area contributed by atoms with E-state index < -0.39 is 27.8 Å². The van der Waals surface area contributed by atoms with Crippen molar-refractivity contribution in [3.05, 3.63) is 71.3 Å². The summed E-state index contributed by atoms with van der Waals surface area (Å²) in [6.07, 6.45) is 0.0302. The molecule has 3 rings (SSSR count). The van der Waals surface area contributed by atoms with E-state index in [0.717, 1.165) is 5.56 Å². The lowest BCUT2D eigenvalue weighted by Gasteiger charge is -2.31. The molecule has 0 fully saturated rings. The van der Waals surface area contributed by atoms with Crippen LogP contribution in [0, 0.1) is 5.41 Å². The lowest BCUT2D eigenvalue weighted by Crippen LogP contribution is -2.43. The SMILES string of the molecule is CC(C)(C)C(=O)C[C@H](c1ccccc1)C1(Cl)C(=O)c2ccccc2C1=O. The monoisotopic (exact) mass is 368 g/mol. The number of hydrogen-bond donors (Lipinski definition) is 0. The number of carbonyl (C=O) groups is 3. The Balaban J connectivity index is 2.12. The summed E-state index contributed by atoms with van der Waals surface area (Å²) < 4.78 is 0. The third-order valence-electron chi connectivity index (χ3n) is 4.99. The quantitative estimate of drug-likeness (QED) is 0.573. The third-order valence-corrected chi connectivity index (χ3v) is 5.59. The van der Waals surface area contributed by atoms with Gasteiger partial charge in [-0.1, -0.05) is 75.4 Å². The van der Waals surface area contributed by atoms with Gasteiger partial charge in [0.1, 0.15) is 5.78 Å². The van der Waals surface area contributed by atoms with Crippen molar-refractivity contribution in [2.75, 3.05) is 0 Å². The van der Waals surface area contributed by atoms with Crippen molar-refractivity contribution in [1.29, 1.82) is 0 Å². The van der Waals surface area contributed by atoms with Crippen LogP contribution in [0.3, 0.4) is 0 Å². The largest absolute Gasteiger partial charge is 0.299 e. The summed E-state index contributed by atoms with van der Waals surface area (Å²) in [7, 11) is 0. The summed E-state index contributed by atoms with van der Waals surface area (Å²) in [5, 5.41) is 0. The standard InChI is InChI=1S/C22H21ClO3/c1-21(2,3)18(24)13-17(14-9-5-4-6-10-14)22(23)19(25)15-11-7-8-12-16(15)20(22)26/h4-12,17H,13H2,1-3H3/t17-/m1/s1. The number of halogens is 1. The summed E-state index contributed by atoms with van der Waals surface area (Å²) >= 11 is 6.78. The van der Waals surface area contributed by atoms with Gasteiger partial charge in [-0.15, -0.1) is 11.6 Å². The van der Waals surface area contributed by atoms with Crippen LogP contribution in [0.5, 0.6) is 0 Å². The molecule has 0 aliphatic heterocycles. The highest BCUT2D eigenvalue weighted by Crippen LogP contribution is 2.47. The van der Waals surface area contributed by atoms with E-state index in [9.17, 15) is 14.4 Å². The number of benzene rings is 2. The Bertz CT molecular complexity index is 843. The van der Waals surface area contributed by atoms with Gasteiger partial charge in [-0.2, -0.15) is 0 Å². The van der Waals surface area contributed by atoms with Gasteiger partial charge >= 0.3 is 0 Å². The number of Topliss-reactive ketones (excluding diaryl/α,β-unsaturated/α-hetero) is 3. The average Bonchev–Trinajstić information content (AvgIpc) is 2.82. The van der Waals surface area contributed by atoms with E-state index in [4.69, 9.17) is 11.6 Å². The van der Waals surface area contributed by atoms with Crippen LogP contribution in [0.4, 0.5) is 0 Å². The Kier molecular flexibility index (Phi) is 4.61. The van der Waals surface area contributed by atoms with Gasteiger partial charge in [0.15, 0.2) is 16.4 Å². The molecule has 2 aromatic rings. The number of hydrogen-bond acceptors (Lipinski definition) is 3. The molecule has 0 unspecified atom stereocenters. The predicted octanol–water partition coefficient (Wildman–Crippen LogP) is 4.83. The van der Waals surface area contributed by atoms with Crippen molar-refractivity contribution in [3.8, 4) is 0 Å². The van der Waals surface area contributed by atoms with Crippen LogP contribution in [0.1, 0.15) is 59.4 Å². The lowest BCUT2D eigenvalue weighted by molar-refractivity contribution is -0.126. The van der Waals surface area contributed by atoms with Gasteiger partial charge in [0.2, 0.25) is 0 Å². The molecule has 1 aliphatic carbocycles. The van der Waals surface area contributed by atoms with E-state index in [1.54, 1.807) is 24.3 Å². The second kappa shape index (κ2) is 6.48. The number of carbonyl (C=O) groups excluding carboxylic acids is 3. The van der Waals surface area contributed by atoms with Crippen LogP contribution in [0.15, 0.2) is 54.6 Å². The molecule has 0 saturated heterocycles. The van der Waals surface area contributed by atoms with Gasteiger partial charge in [-0.05, 0) is 5.56 Å². The summed E-state index contributed by atoms with van der Waals surface area (Å²) in [6, 6.07) is 15.8. The topological polar surface area (TPSA) is 51.2 Å². The minimum Gasteiger partial charge on any atom is -0.299 e. The molecule has 134 valence electrons. The van der Waals surface area contributed by atoms with E-state index >= 15 is 0 Å². The van der Waals surface area contributed by atoms with Crippen molar-refractivity contribution >= 4 is 29.0 Å². The highest BCUT2D eigenvalue weighted by atomic mass is 35.5. The minimum absolute atomic E-state index is 0.0302. The fourth-order valence-electron chi connectivity index (χ4n) is 3.36. The Morgan fingerprint density at radius 3 is 1.85 bits per heavy atom. The summed E-state index contributed by atoms with van der Waals surface area (Å²) in [6.45, 7) is 5.47. The predicted molar refractivity (Wildman–Crippen MR) is 102 cm³/mol. The van der Waals surface area contributed by atoms with Crippen molar-refractivity contribution in [2.24, 2.45) is 5.41 Å². The van der Waals surface area contributed by atoms with Crippen LogP contribution >= 0.6 is 11.6 Å². The molecule has 0 amide bonds. The van der Waals surface area contributed by atoms with Crippen LogP contribution < -0.4 is 0 Å². The molecule has 1 aliphatic rings. The zero-order valence-electron chi connectivity index (χ0n) is 15.1. The highest BCUT2D eigenvalue weighted by molar-refractivity contribution is 6.55. The van der Waals surface area contributed by atoms with Crippen molar-refractivity contribution in [1.82, 2.24) is 0 Å². The fourth-order valence-corrected chi connectivity index (χ4v) is 3.76. The maximum absolute atomic E-state index is 13.1. The van der Waals surface area contributed by atoms with Gasteiger partial charge in [-0.25, -0.2) is 0 Å². The summed E-state index contributed by atoms with van der Waals surface area (Å²) in [4.78, 5) is 37.2. The Morgan fingerprint density at radius 2 is 1.38 bits per heavy atom. The molecule has 4 heteroatoms. The molecule has 26 heavy (non-hydrogen) atoms. The van der Waals surface area contributed by atoms with Gasteiger partial charge in [0.25, 0.3) is 0 Å². The zero-order valence-corrected chi connectivity index (χ0v) is 15.8. The Labute approximate surface area is 158 Å². The number of ketones is 3. The fraction of sp³-hybridized carbons (Fsp3) is 0.318. The second-order valence-electron chi connectivity index (χ2n) is 7.76. The molecule has 2 aromatic carbocycles. The lowest BCUT2D eigenvalue weighted by atomic mass is 9.75.